The number of rotatable bonds is 12. The summed E-state index contributed by atoms with van der Waals surface area (Å²) < 4.78 is 135. The highest BCUT2D eigenvalue weighted by Crippen LogP contribution is 2.38. The van der Waals surface area contributed by atoms with Gasteiger partial charge in [-0.1, -0.05) is 48.5 Å². The monoisotopic (exact) mass is 848 g/mol. The summed E-state index contributed by atoms with van der Waals surface area (Å²) in [6.45, 7) is 0.202. The van der Waals surface area contributed by atoms with Crippen LogP contribution in [-0.4, -0.2) is 66.1 Å². The van der Waals surface area contributed by atoms with Gasteiger partial charge in [-0.25, -0.2) is 29.1 Å². The molecule has 310 valence electrons. The van der Waals surface area contributed by atoms with E-state index in [1.54, 1.807) is 48.5 Å². The van der Waals surface area contributed by atoms with Crippen LogP contribution in [0.3, 0.4) is 0 Å². The smallest absolute Gasteiger partial charge is 0.426 e. The maximum atomic E-state index is 13.0. The Kier molecular flexibility index (Phi) is 13.0. The molecule has 0 aliphatic rings. The molecular weight excluding hydrogens is 826 g/mol. The molecule has 0 aliphatic heterocycles. The summed E-state index contributed by atoms with van der Waals surface area (Å²) in [6.07, 6.45) is -18.2. The van der Waals surface area contributed by atoms with Crippen LogP contribution in [0.15, 0.2) is 120 Å². The van der Waals surface area contributed by atoms with Crippen molar-refractivity contribution in [1.82, 2.24) is 29.5 Å². The van der Waals surface area contributed by atoms with Gasteiger partial charge in [0, 0.05) is 22.5 Å². The number of hydrogen-bond donors (Lipinski definition) is 0. The number of ether oxygens (including phenoxy) is 2. The zero-order chi connectivity index (χ0) is 43.7. The van der Waals surface area contributed by atoms with Crippen molar-refractivity contribution in [1.29, 1.82) is 0 Å². The lowest BCUT2D eigenvalue weighted by molar-refractivity contribution is -0.360. The van der Waals surface area contributed by atoms with E-state index in [0.717, 1.165) is 29.8 Å². The maximum absolute atomic E-state index is 13.0. The summed E-state index contributed by atoms with van der Waals surface area (Å²) in [4.78, 5) is 35.6. The molecule has 24 heteroatoms. The number of aliphatic imine (C=N–C) groups is 1. The molecule has 0 spiro atoms. The molecule has 0 fully saturated rings. The van der Waals surface area contributed by atoms with Gasteiger partial charge < -0.3 is 9.47 Å². The second-order valence-electron chi connectivity index (χ2n) is 11.8. The van der Waals surface area contributed by atoms with Gasteiger partial charge >= 0.3 is 24.6 Å². The Hall–Kier alpha value is -7.58. The van der Waals surface area contributed by atoms with E-state index in [9.17, 15) is 53.5 Å². The third-order valence-electron chi connectivity index (χ3n) is 7.60. The maximum Gasteiger partial charge on any atom is 0.499 e. The quantitative estimate of drug-likeness (QED) is 0.0293. The van der Waals surface area contributed by atoms with Crippen molar-refractivity contribution in [3.8, 4) is 45.6 Å². The number of benzene rings is 4. The molecular formula is C36H22F10N10O4. The average Bonchev–Trinajstić information content (AvgIpc) is 3.89. The van der Waals surface area contributed by atoms with Crippen LogP contribution in [-0.2, 0) is 22.6 Å². The minimum Gasteiger partial charge on any atom is -0.426 e. The average molecular weight is 849 g/mol. The normalized spacial score (nSPS) is 11.7. The highest BCUT2D eigenvalue weighted by molar-refractivity contribution is 5.79. The number of alkyl halides is 10. The zero-order valence-electron chi connectivity index (χ0n) is 29.7. The first-order chi connectivity index (χ1) is 28.3. The fourth-order valence-corrected chi connectivity index (χ4v) is 4.70. The third kappa shape index (κ3) is 11.1. The van der Waals surface area contributed by atoms with Gasteiger partial charge in [0.25, 0.3) is 0 Å². The fraction of sp³-hybridized carbons (Fsp3) is 0.167. The molecule has 4 aromatic carbocycles. The minimum absolute atomic E-state index is 0.0615. The molecule has 0 N–H and O–H groups in total. The zero-order valence-corrected chi connectivity index (χ0v) is 29.7. The van der Waals surface area contributed by atoms with Crippen molar-refractivity contribution in [3.63, 3.8) is 0 Å². The van der Waals surface area contributed by atoms with Gasteiger partial charge in [0.1, 0.15) is 24.2 Å². The second-order valence-corrected chi connectivity index (χ2v) is 11.8. The summed E-state index contributed by atoms with van der Waals surface area (Å²) in [5, 5.41) is 11.4. The molecule has 2 heterocycles. The molecule has 14 nitrogen and oxygen atoms in total. The van der Waals surface area contributed by atoms with E-state index in [1.165, 1.54) is 52.4 Å². The van der Waals surface area contributed by atoms with Gasteiger partial charge in [-0.3, -0.25) is 4.79 Å². The topological polar surface area (TPSA) is 175 Å². The van der Waals surface area contributed by atoms with Gasteiger partial charge in [-0.05, 0) is 70.3 Å². The summed E-state index contributed by atoms with van der Waals surface area (Å²) in [7, 11) is 0. The van der Waals surface area contributed by atoms with Gasteiger partial charge in [0.15, 0.2) is 11.6 Å². The Balaban J connectivity index is 0.000000228. The number of carbonyl (C=O) groups is 1. The van der Waals surface area contributed by atoms with Crippen molar-refractivity contribution in [2.24, 2.45) is 10.1 Å². The van der Waals surface area contributed by atoms with Crippen LogP contribution in [0, 0.1) is 0 Å². The Labute approximate surface area is 329 Å². The van der Waals surface area contributed by atoms with Crippen LogP contribution in [0.5, 0.6) is 11.5 Å². The van der Waals surface area contributed by atoms with Crippen LogP contribution < -0.4 is 9.47 Å². The van der Waals surface area contributed by atoms with E-state index in [2.05, 4.69) is 44.7 Å². The molecule has 0 saturated carbocycles. The first-order valence-electron chi connectivity index (χ1n) is 16.4. The minimum atomic E-state index is -5.84. The van der Waals surface area contributed by atoms with Crippen LogP contribution in [0.2, 0.25) is 0 Å². The number of carbonyl (C=O) groups excluding carboxylic acids is 2. The number of amides is 1. The molecule has 0 bridgehead atoms. The van der Waals surface area contributed by atoms with E-state index in [-0.39, 0.29) is 13.0 Å². The van der Waals surface area contributed by atoms with E-state index < -0.39 is 42.0 Å². The van der Waals surface area contributed by atoms with Crippen molar-refractivity contribution < 1.29 is 63.0 Å². The number of azide groups is 1. The predicted octanol–water partition coefficient (Wildman–Crippen LogP) is 9.15. The molecule has 0 radical (unpaired) electrons. The standard InChI is InChI=1S/C18H11F5N6O2.C18H11F5N4O2/c19-17(20,21)18(22,23)31-14-7-5-13(6-8-14)29-10-25-16(27-29)12-3-1-11(2-4-12)9-15(30)26-28-24;19-17(20,21)18(22,23)29-15-7-5-14(6-8-15)27-10-25-16(26-27)13-3-1-12(2-4-13)9-24-11-28/h1-8,10H,9H2;1-8,10H,9H2. The largest absolute Gasteiger partial charge is 0.499 e. The van der Waals surface area contributed by atoms with Crippen molar-refractivity contribution in [2.75, 3.05) is 0 Å². The number of isocyanates is 1. The van der Waals surface area contributed by atoms with Crippen LogP contribution in [0.4, 0.5) is 43.9 Å². The van der Waals surface area contributed by atoms with E-state index in [4.69, 9.17) is 5.53 Å². The predicted molar refractivity (Wildman–Crippen MR) is 187 cm³/mol. The molecule has 0 unspecified atom stereocenters. The van der Waals surface area contributed by atoms with E-state index >= 15 is 0 Å². The molecule has 2 aromatic heterocycles. The van der Waals surface area contributed by atoms with Gasteiger partial charge in [0.2, 0.25) is 12.0 Å². The molecule has 60 heavy (non-hydrogen) atoms. The van der Waals surface area contributed by atoms with Gasteiger partial charge in [0.05, 0.1) is 17.9 Å². The van der Waals surface area contributed by atoms with E-state index in [0.29, 0.717) is 39.7 Å². The lowest BCUT2D eigenvalue weighted by Gasteiger charge is -2.20. The van der Waals surface area contributed by atoms with Crippen LogP contribution in [0.25, 0.3) is 44.6 Å². The fourth-order valence-electron chi connectivity index (χ4n) is 4.70. The summed E-state index contributed by atoms with van der Waals surface area (Å²) >= 11 is 0. The van der Waals surface area contributed by atoms with Crippen LogP contribution in [0.1, 0.15) is 11.1 Å². The first kappa shape index (κ1) is 43.5. The second kappa shape index (κ2) is 17.9. The number of aromatic nitrogens is 6. The van der Waals surface area contributed by atoms with Gasteiger partial charge in [-0.2, -0.15) is 43.9 Å². The molecule has 6 rings (SSSR count). The molecule has 6 aromatic rings. The highest BCUT2D eigenvalue weighted by Gasteiger charge is 2.62. The number of halogens is 10. The van der Waals surface area contributed by atoms with Gasteiger partial charge in [-0.15, -0.1) is 10.2 Å². The molecule has 0 saturated heterocycles. The number of nitrogens with zero attached hydrogens (tertiary/aromatic N) is 10. The first-order valence-corrected chi connectivity index (χ1v) is 16.4. The Morgan fingerprint density at radius 2 is 1.03 bits per heavy atom. The lowest BCUT2D eigenvalue weighted by Crippen LogP contribution is -2.41. The highest BCUT2D eigenvalue weighted by atomic mass is 19.4. The lowest BCUT2D eigenvalue weighted by atomic mass is 10.1. The molecule has 0 atom stereocenters. The van der Waals surface area contributed by atoms with Crippen LogP contribution >= 0.6 is 0 Å². The van der Waals surface area contributed by atoms with Crippen molar-refractivity contribution in [2.45, 2.75) is 37.5 Å². The summed E-state index contributed by atoms with van der Waals surface area (Å²) in [6, 6.07) is 22.3. The Morgan fingerprint density at radius 3 is 1.40 bits per heavy atom. The van der Waals surface area contributed by atoms with Crippen molar-refractivity contribution in [3.05, 3.63) is 131 Å². The summed E-state index contributed by atoms with van der Waals surface area (Å²) in [5.74, 6) is -1.28. The molecule has 0 aliphatic carbocycles. The molecule has 1 amide bonds. The van der Waals surface area contributed by atoms with Crippen molar-refractivity contribution >= 4 is 12.0 Å². The summed E-state index contributed by atoms with van der Waals surface area (Å²) in [5.41, 5.74) is 11.6. The Morgan fingerprint density at radius 1 is 0.633 bits per heavy atom. The SMILES string of the molecule is O=C=NCc1ccc(-c2ncn(-c3ccc(OC(F)(F)C(F)(F)F)cc3)n2)cc1.[N-]=[N+]=NC(=O)Cc1ccc(-c2ncn(-c3ccc(OC(F)(F)C(F)(F)F)cc3)n2)cc1. The third-order valence-corrected chi connectivity index (χ3v) is 7.60. The number of hydrogen-bond acceptors (Lipinski definition) is 9. The Bertz CT molecular complexity index is 2490. The van der Waals surface area contributed by atoms with E-state index in [1.807, 2.05) is 0 Å².